The number of carbonyl (C=O) groups excluding carboxylic acids is 2. The van der Waals surface area contributed by atoms with Gasteiger partial charge in [0, 0.05) is 11.1 Å². The van der Waals surface area contributed by atoms with Crippen LogP contribution in [0.1, 0.15) is 34.0 Å². The minimum Gasteiger partial charge on any atom is -0.490 e. The van der Waals surface area contributed by atoms with Gasteiger partial charge in [0.15, 0.2) is 15.8 Å². The van der Waals surface area contributed by atoms with Crippen LogP contribution in [-0.4, -0.2) is 27.8 Å². The number of amides is 2. The molecule has 1 heterocycles. The lowest BCUT2D eigenvalue weighted by molar-refractivity contribution is -0.123. The van der Waals surface area contributed by atoms with E-state index in [-0.39, 0.29) is 21.5 Å². The number of aryl methyl sites for hydroxylation is 1. The highest BCUT2D eigenvalue weighted by Gasteiger charge is 2.34. The molecule has 0 aliphatic carbocycles. The van der Waals surface area contributed by atoms with Gasteiger partial charge >= 0.3 is 0 Å². The summed E-state index contributed by atoms with van der Waals surface area (Å²) in [6.45, 7) is 3.98. The summed E-state index contributed by atoms with van der Waals surface area (Å²) in [5.41, 5.74) is 4.85. The fourth-order valence-electron chi connectivity index (χ4n) is 3.48. The number of nitrogens with one attached hydrogen (secondary N) is 1. The Labute approximate surface area is 242 Å². The van der Waals surface area contributed by atoms with Crippen LogP contribution in [0.5, 0.6) is 11.5 Å². The Hall–Kier alpha value is -2.92. The molecule has 0 aromatic heterocycles. The molecule has 0 saturated carbocycles. The van der Waals surface area contributed by atoms with E-state index in [0.717, 1.165) is 22.3 Å². The summed E-state index contributed by atoms with van der Waals surface area (Å²) in [4.78, 5) is 26.0. The lowest BCUT2D eigenvalue weighted by Crippen LogP contribution is -2.44. The molecule has 4 rings (SSSR count). The Balaban J connectivity index is 1.54. The molecular formula is C27H21BrClFN2O4S2. The largest absolute Gasteiger partial charge is 0.490 e. The van der Waals surface area contributed by atoms with Gasteiger partial charge in [0.05, 0.1) is 21.0 Å². The number of ether oxygens (including phenoxy) is 2. The Bertz CT molecular complexity index is 1430. The van der Waals surface area contributed by atoms with E-state index in [4.69, 9.17) is 33.3 Å². The molecule has 0 radical (unpaired) electrons. The zero-order valence-electron chi connectivity index (χ0n) is 20.2. The van der Waals surface area contributed by atoms with Gasteiger partial charge in [-0.05, 0) is 90.0 Å². The van der Waals surface area contributed by atoms with Gasteiger partial charge in [-0.2, -0.15) is 5.01 Å². The highest BCUT2D eigenvalue weighted by Crippen LogP contribution is 2.40. The van der Waals surface area contributed by atoms with E-state index >= 15 is 0 Å². The van der Waals surface area contributed by atoms with E-state index in [1.54, 1.807) is 36.4 Å². The average molecular weight is 636 g/mol. The summed E-state index contributed by atoms with van der Waals surface area (Å²) in [6, 6.07) is 14.8. The summed E-state index contributed by atoms with van der Waals surface area (Å²) in [5.74, 6) is -0.617. The molecule has 1 N–H and O–H groups in total. The maximum atomic E-state index is 14.2. The fourth-order valence-corrected chi connectivity index (χ4v) is 5.45. The predicted molar refractivity (Wildman–Crippen MR) is 155 cm³/mol. The summed E-state index contributed by atoms with van der Waals surface area (Å²) in [7, 11) is 0. The third kappa shape index (κ3) is 6.37. The molecule has 3 aromatic rings. The molecule has 11 heteroatoms. The van der Waals surface area contributed by atoms with Crippen molar-refractivity contribution in [3.05, 3.63) is 97.1 Å². The number of hydrogen-bond donors (Lipinski definition) is 1. The van der Waals surface area contributed by atoms with Crippen LogP contribution in [0.4, 0.5) is 4.39 Å². The van der Waals surface area contributed by atoms with Crippen molar-refractivity contribution < 1.29 is 23.5 Å². The standard InChI is InChI=1S/C27H21BrClFN2O4S2/c1-3-35-22-12-16(11-19(28)24(22)36-14-18-20(29)5-4-6-21(18)30)13-23-26(34)32(27(37)38-23)31-25(33)17-9-7-15(2)8-10-17/h4-13H,3,14H2,1-2H3,(H,31,33)/b23-13+. The molecule has 38 heavy (non-hydrogen) atoms. The lowest BCUT2D eigenvalue weighted by Gasteiger charge is -2.16. The summed E-state index contributed by atoms with van der Waals surface area (Å²) >= 11 is 16.0. The van der Waals surface area contributed by atoms with E-state index < -0.39 is 17.6 Å². The first-order chi connectivity index (χ1) is 18.2. The van der Waals surface area contributed by atoms with Gasteiger partial charge in [0.25, 0.3) is 11.8 Å². The maximum Gasteiger partial charge on any atom is 0.285 e. The van der Waals surface area contributed by atoms with Crippen molar-refractivity contribution in [1.82, 2.24) is 10.4 Å². The first-order valence-corrected chi connectivity index (χ1v) is 13.7. The molecule has 3 aromatic carbocycles. The molecule has 0 atom stereocenters. The number of rotatable bonds is 8. The topological polar surface area (TPSA) is 67.9 Å². The van der Waals surface area contributed by atoms with Crippen LogP contribution in [0.25, 0.3) is 6.08 Å². The first-order valence-electron chi connectivity index (χ1n) is 11.4. The van der Waals surface area contributed by atoms with E-state index in [1.807, 2.05) is 26.0 Å². The number of hydrazine groups is 1. The van der Waals surface area contributed by atoms with Crippen LogP contribution in [-0.2, 0) is 11.4 Å². The van der Waals surface area contributed by atoms with Crippen molar-refractivity contribution in [2.75, 3.05) is 6.61 Å². The number of benzene rings is 3. The van der Waals surface area contributed by atoms with E-state index in [1.165, 1.54) is 12.1 Å². The van der Waals surface area contributed by atoms with Crippen LogP contribution in [0.15, 0.2) is 64.0 Å². The number of halogens is 3. The van der Waals surface area contributed by atoms with E-state index in [2.05, 4.69) is 21.4 Å². The van der Waals surface area contributed by atoms with Gasteiger partial charge in [-0.3, -0.25) is 15.0 Å². The fraction of sp³-hybridized carbons (Fsp3) is 0.148. The molecular weight excluding hydrogens is 615 g/mol. The molecule has 6 nitrogen and oxygen atoms in total. The van der Waals surface area contributed by atoms with E-state index in [9.17, 15) is 14.0 Å². The Morgan fingerprint density at radius 1 is 1.21 bits per heavy atom. The van der Waals surface area contributed by atoms with Crippen molar-refractivity contribution in [1.29, 1.82) is 0 Å². The third-order valence-corrected chi connectivity index (χ3v) is 7.62. The molecule has 0 spiro atoms. The van der Waals surface area contributed by atoms with Gasteiger partial charge in [-0.25, -0.2) is 4.39 Å². The zero-order chi connectivity index (χ0) is 27.4. The van der Waals surface area contributed by atoms with Crippen molar-refractivity contribution in [3.8, 4) is 11.5 Å². The average Bonchev–Trinajstić information content (AvgIpc) is 3.12. The highest BCUT2D eigenvalue weighted by molar-refractivity contribution is 9.10. The molecule has 1 saturated heterocycles. The van der Waals surface area contributed by atoms with Crippen LogP contribution in [0, 0.1) is 12.7 Å². The number of hydrogen-bond acceptors (Lipinski definition) is 6. The van der Waals surface area contributed by atoms with Crippen LogP contribution in [0.2, 0.25) is 5.02 Å². The molecule has 0 bridgehead atoms. The number of thiocarbonyl (C=S) groups is 1. The predicted octanol–water partition coefficient (Wildman–Crippen LogP) is 7.07. The number of nitrogens with zero attached hydrogens (tertiary/aromatic N) is 1. The van der Waals surface area contributed by atoms with Gasteiger partial charge in [-0.15, -0.1) is 0 Å². The van der Waals surface area contributed by atoms with Gasteiger partial charge in [0.2, 0.25) is 0 Å². The number of thioether (sulfide) groups is 1. The second kappa shape index (κ2) is 12.3. The zero-order valence-corrected chi connectivity index (χ0v) is 24.2. The first kappa shape index (κ1) is 28.1. The Morgan fingerprint density at radius 3 is 2.63 bits per heavy atom. The van der Waals surface area contributed by atoms with Crippen LogP contribution in [0.3, 0.4) is 0 Å². The maximum absolute atomic E-state index is 14.2. The van der Waals surface area contributed by atoms with Gasteiger partial charge in [-0.1, -0.05) is 47.1 Å². The second-order valence-electron chi connectivity index (χ2n) is 8.08. The minimum absolute atomic E-state index is 0.108. The summed E-state index contributed by atoms with van der Waals surface area (Å²) in [5, 5.41) is 1.31. The van der Waals surface area contributed by atoms with Crippen molar-refractivity contribution in [2.24, 2.45) is 0 Å². The summed E-state index contributed by atoms with van der Waals surface area (Å²) < 4.78 is 26.6. The minimum atomic E-state index is -0.473. The Kier molecular flexibility index (Phi) is 9.09. The van der Waals surface area contributed by atoms with Crippen molar-refractivity contribution in [2.45, 2.75) is 20.5 Å². The summed E-state index contributed by atoms with van der Waals surface area (Å²) in [6.07, 6.45) is 1.64. The monoisotopic (exact) mass is 634 g/mol. The van der Waals surface area contributed by atoms with Crippen molar-refractivity contribution >= 4 is 73.7 Å². The van der Waals surface area contributed by atoms with Crippen LogP contribution >= 0.6 is 51.5 Å². The normalized spacial score (nSPS) is 14.2. The molecule has 0 unspecified atom stereocenters. The van der Waals surface area contributed by atoms with Gasteiger partial charge in [0.1, 0.15) is 12.4 Å². The van der Waals surface area contributed by atoms with Crippen molar-refractivity contribution in [3.63, 3.8) is 0 Å². The quantitative estimate of drug-likeness (QED) is 0.211. The molecule has 196 valence electrons. The highest BCUT2D eigenvalue weighted by atomic mass is 79.9. The Morgan fingerprint density at radius 2 is 1.95 bits per heavy atom. The molecule has 2 amide bonds. The number of carbonyl (C=O) groups is 2. The lowest BCUT2D eigenvalue weighted by atomic mass is 10.1. The second-order valence-corrected chi connectivity index (χ2v) is 11.0. The van der Waals surface area contributed by atoms with E-state index in [0.29, 0.717) is 38.6 Å². The van der Waals surface area contributed by atoms with Gasteiger partial charge < -0.3 is 9.47 Å². The van der Waals surface area contributed by atoms with Crippen LogP contribution < -0.4 is 14.9 Å². The molecule has 1 aliphatic rings. The smallest absolute Gasteiger partial charge is 0.285 e. The third-order valence-electron chi connectivity index (χ3n) is 5.37. The molecule has 1 fully saturated rings. The SMILES string of the molecule is CCOc1cc(/C=C2/SC(=S)N(NC(=O)c3ccc(C)cc3)C2=O)cc(Br)c1OCc1c(F)cccc1Cl. The molecule has 1 aliphatic heterocycles.